The molecule has 1 N–H and O–H groups in total. The first-order chi connectivity index (χ1) is 11.9. The smallest absolute Gasteiger partial charge is 0.407 e. The van der Waals surface area contributed by atoms with Crippen molar-refractivity contribution < 1.29 is 9.53 Å². The fraction of sp³-hybridized carbons (Fsp3) is 0.526. The van der Waals surface area contributed by atoms with E-state index in [1.807, 2.05) is 39.1 Å². The first-order valence-electron chi connectivity index (χ1n) is 8.72. The molecule has 2 aromatic heterocycles. The molecule has 0 unspecified atom stereocenters. The quantitative estimate of drug-likeness (QED) is 0.898. The maximum atomic E-state index is 12.0. The largest absolute Gasteiger partial charge is 0.444 e. The third-order valence-corrected chi connectivity index (χ3v) is 4.44. The molecule has 0 radical (unpaired) electrons. The van der Waals surface area contributed by atoms with E-state index in [9.17, 15) is 4.79 Å². The lowest BCUT2D eigenvalue weighted by atomic mass is 9.91. The highest BCUT2D eigenvalue weighted by Crippen LogP contribution is 2.31. The molecule has 25 heavy (non-hydrogen) atoms. The van der Waals surface area contributed by atoms with Gasteiger partial charge in [-0.05, 0) is 58.6 Å². The van der Waals surface area contributed by atoms with E-state index in [2.05, 4.69) is 20.9 Å². The molecule has 132 valence electrons. The molecule has 1 fully saturated rings. The zero-order valence-electron chi connectivity index (χ0n) is 15.0. The van der Waals surface area contributed by atoms with E-state index in [1.54, 1.807) is 6.20 Å². The molecular formula is C19H24N4O2. The van der Waals surface area contributed by atoms with E-state index in [0.717, 1.165) is 36.7 Å². The van der Waals surface area contributed by atoms with Crippen LogP contribution in [0.2, 0.25) is 0 Å². The second-order valence-electron chi connectivity index (χ2n) is 7.64. The summed E-state index contributed by atoms with van der Waals surface area (Å²) in [7, 11) is 0. The van der Waals surface area contributed by atoms with Crippen molar-refractivity contribution >= 4 is 17.1 Å². The molecule has 0 spiro atoms. The van der Waals surface area contributed by atoms with E-state index in [4.69, 9.17) is 10.00 Å². The van der Waals surface area contributed by atoms with Gasteiger partial charge in [0.15, 0.2) is 0 Å². The number of fused-ring (bicyclic) bond motifs is 1. The molecule has 2 aromatic rings. The molecule has 1 saturated carbocycles. The van der Waals surface area contributed by atoms with Crippen LogP contribution < -0.4 is 5.32 Å². The molecule has 1 aliphatic carbocycles. The number of nitrogens with zero attached hydrogens (tertiary/aromatic N) is 3. The number of rotatable bonds is 2. The highest BCUT2D eigenvalue weighted by atomic mass is 16.6. The van der Waals surface area contributed by atoms with Gasteiger partial charge in [-0.3, -0.25) is 0 Å². The standard InChI is InChI=1S/C19H24N4O2/c1-19(2,3)25-18(24)22-15-5-4-6-16(10-15)23-8-7-14-9-13(11-20)12-21-17(14)23/h7-9,12,15-16H,4-6,10H2,1-3H3,(H,22,24)/t15-,16+/m1/s1. The maximum absolute atomic E-state index is 12.0. The number of carbonyl (C=O) groups is 1. The Morgan fingerprint density at radius 1 is 1.44 bits per heavy atom. The predicted molar refractivity (Wildman–Crippen MR) is 95.1 cm³/mol. The van der Waals surface area contributed by atoms with Crippen molar-refractivity contribution in [1.82, 2.24) is 14.9 Å². The SMILES string of the molecule is CC(C)(C)OC(=O)N[C@@H]1CCC[C@H](n2ccc3cc(C#N)cnc32)C1. The number of hydrogen-bond donors (Lipinski definition) is 1. The number of ether oxygens (including phenoxy) is 1. The van der Waals surface area contributed by atoms with Crippen molar-refractivity contribution in [2.24, 2.45) is 0 Å². The Hall–Kier alpha value is -2.55. The van der Waals surface area contributed by atoms with Crippen LogP contribution in [0.25, 0.3) is 11.0 Å². The predicted octanol–water partition coefficient (Wildman–Crippen LogP) is 3.92. The van der Waals surface area contributed by atoms with Gasteiger partial charge in [0.2, 0.25) is 0 Å². The molecule has 0 bridgehead atoms. The van der Waals surface area contributed by atoms with Crippen LogP contribution in [-0.2, 0) is 4.74 Å². The number of amides is 1. The molecule has 0 aliphatic heterocycles. The Morgan fingerprint density at radius 2 is 2.24 bits per heavy atom. The Kier molecular flexibility index (Phi) is 4.67. The van der Waals surface area contributed by atoms with E-state index >= 15 is 0 Å². The fourth-order valence-corrected chi connectivity index (χ4v) is 3.42. The summed E-state index contributed by atoms with van der Waals surface area (Å²) < 4.78 is 7.53. The highest BCUT2D eigenvalue weighted by molar-refractivity contribution is 5.77. The van der Waals surface area contributed by atoms with Crippen LogP contribution >= 0.6 is 0 Å². The molecule has 0 saturated heterocycles. The Labute approximate surface area is 147 Å². The summed E-state index contributed by atoms with van der Waals surface area (Å²) in [6, 6.07) is 6.36. The Morgan fingerprint density at radius 3 is 2.96 bits per heavy atom. The average molecular weight is 340 g/mol. The average Bonchev–Trinajstić information content (AvgIpc) is 2.96. The van der Waals surface area contributed by atoms with Crippen molar-refractivity contribution in [2.75, 3.05) is 0 Å². The van der Waals surface area contributed by atoms with Gasteiger partial charge in [0, 0.05) is 29.9 Å². The van der Waals surface area contributed by atoms with E-state index in [1.165, 1.54) is 0 Å². The molecule has 1 aliphatic rings. The molecule has 2 atom stereocenters. The van der Waals surface area contributed by atoms with Gasteiger partial charge in [-0.1, -0.05) is 0 Å². The summed E-state index contributed by atoms with van der Waals surface area (Å²) in [4.78, 5) is 16.5. The first kappa shape index (κ1) is 17.3. The Balaban J connectivity index is 1.71. The summed E-state index contributed by atoms with van der Waals surface area (Å²) >= 11 is 0. The molecule has 0 aromatic carbocycles. The minimum absolute atomic E-state index is 0.101. The summed E-state index contributed by atoms with van der Waals surface area (Å²) in [6.45, 7) is 5.59. The minimum atomic E-state index is -0.489. The third-order valence-electron chi connectivity index (χ3n) is 4.44. The fourth-order valence-electron chi connectivity index (χ4n) is 3.42. The monoisotopic (exact) mass is 340 g/mol. The molecule has 3 rings (SSSR count). The van der Waals surface area contributed by atoms with Gasteiger partial charge < -0.3 is 14.6 Å². The van der Waals surface area contributed by atoms with Crippen molar-refractivity contribution in [3.63, 3.8) is 0 Å². The van der Waals surface area contributed by atoms with Gasteiger partial charge >= 0.3 is 6.09 Å². The number of nitriles is 1. The number of carbonyl (C=O) groups excluding carboxylic acids is 1. The second kappa shape index (κ2) is 6.75. The number of alkyl carbamates (subject to hydrolysis) is 1. The van der Waals surface area contributed by atoms with Gasteiger partial charge in [0.1, 0.15) is 17.3 Å². The van der Waals surface area contributed by atoms with Crippen molar-refractivity contribution in [1.29, 1.82) is 5.26 Å². The summed E-state index contributed by atoms with van der Waals surface area (Å²) in [5.74, 6) is 0. The minimum Gasteiger partial charge on any atom is -0.444 e. The number of pyridine rings is 1. The van der Waals surface area contributed by atoms with E-state index in [-0.39, 0.29) is 18.2 Å². The lowest BCUT2D eigenvalue weighted by molar-refractivity contribution is 0.0486. The molecule has 6 nitrogen and oxygen atoms in total. The third kappa shape index (κ3) is 4.11. The Bertz CT molecular complexity index is 813. The number of aromatic nitrogens is 2. The topological polar surface area (TPSA) is 79.9 Å². The van der Waals surface area contributed by atoms with Gasteiger partial charge in [0.25, 0.3) is 0 Å². The first-order valence-corrected chi connectivity index (χ1v) is 8.72. The van der Waals surface area contributed by atoms with Gasteiger partial charge in [-0.25, -0.2) is 9.78 Å². The summed E-state index contributed by atoms with van der Waals surface area (Å²) in [5, 5.41) is 13.0. The summed E-state index contributed by atoms with van der Waals surface area (Å²) in [6.07, 6.45) is 7.19. The normalized spacial score (nSPS) is 20.9. The van der Waals surface area contributed by atoms with Crippen LogP contribution in [0, 0.1) is 11.3 Å². The van der Waals surface area contributed by atoms with E-state index < -0.39 is 5.60 Å². The van der Waals surface area contributed by atoms with Crippen LogP contribution in [0.3, 0.4) is 0 Å². The molecule has 1 amide bonds. The van der Waals surface area contributed by atoms with Crippen LogP contribution in [0.15, 0.2) is 24.5 Å². The second-order valence-corrected chi connectivity index (χ2v) is 7.64. The molecular weight excluding hydrogens is 316 g/mol. The zero-order valence-corrected chi connectivity index (χ0v) is 15.0. The van der Waals surface area contributed by atoms with Crippen LogP contribution in [-0.4, -0.2) is 27.3 Å². The van der Waals surface area contributed by atoms with Crippen molar-refractivity contribution in [3.8, 4) is 6.07 Å². The number of nitrogens with one attached hydrogen (secondary N) is 1. The zero-order chi connectivity index (χ0) is 18.0. The van der Waals surface area contributed by atoms with Crippen molar-refractivity contribution in [3.05, 3.63) is 30.1 Å². The lowest BCUT2D eigenvalue weighted by Gasteiger charge is -2.31. The number of hydrogen-bond acceptors (Lipinski definition) is 4. The van der Waals surface area contributed by atoms with Crippen LogP contribution in [0.4, 0.5) is 4.79 Å². The van der Waals surface area contributed by atoms with Gasteiger partial charge in [-0.2, -0.15) is 5.26 Å². The van der Waals surface area contributed by atoms with Gasteiger partial charge in [-0.15, -0.1) is 0 Å². The lowest BCUT2D eigenvalue weighted by Crippen LogP contribution is -2.41. The molecule has 2 heterocycles. The van der Waals surface area contributed by atoms with Crippen LogP contribution in [0.1, 0.15) is 58.1 Å². The summed E-state index contributed by atoms with van der Waals surface area (Å²) in [5.41, 5.74) is 0.970. The highest BCUT2D eigenvalue weighted by Gasteiger charge is 2.27. The molecule has 6 heteroatoms. The maximum Gasteiger partial charge on any atom is 0.407 e. The van der Waals surface area contributed by atoms with Crippen molar-refractivity contribution in [2.45, 2.75) is 64.1 Å². The van der Waals surface area contributed by atoms with Gasteiger partial charge in [0.05, 0.1) is 5.56 Å². The van der Waals surface area contributed by atoms with E-state index in [0.29, 0.717) is 5.56 Å². The van der Waals surface area contributed by atoms with Crippen LogP contribution in [0.5, 0.6) is 0 Å².